The summed E-state index contributed by atoms with van der Waals surface area (Å²) in [6.45, 7) is 10.4. The molecular weight excluding hydrogens is 378 g/mol. The summed E-state index contributed by atoms with van der Waals surface area (Å²) in [7, 11) is 0. The average molecular weight is 408 g/mol. The second-order valence-corrected chi connectivity index (χ2v) is 7.00. The van der Waals surface area contributed by atoms with Crippen molar-refractivity contribution in [3.05, 3.63) is 52.2 Å². The van der Waals surface area contributed by atoms with Gasteiger partial charge in [0.1, 0.15) is 5.69 Å². The quantitative estimate of drug-likeness (QED) is 0.501. The number of nitrogens with zero attached hydrogens (tertiary/aromatic N) is 5. The number of fused-ring (bicyclic) bond motifs is 2. The number of rotatable bonds is 1. The van der Waals surface area contributed by atoms with Crippen LogP contribution < -0.4 is 10.9 Å². The Hall–Kier alpha value is -3.13. The van der Waals surface area contributed by atoms with Crippen LogP contribution in [-0.4, -0.2) is 42.9 Å². The van der Waals surface area contributed by atoms with Crippen molar-refractivity contribution in [3.8, 4) is 11.4 Å². The van der Waals surface area contributed by atoms with E-state index in [2.05, 4.69) is 30.6 Å². The number of hydrogen-bond donors (Lipinski definition) is 2. The normalized spacial score (nSPS) is 13.3. The molecule has 1 fully saturated rings. The number of hydrogen-bond acceptors (Lipinski definition) is 6. The molecule has 30 heavy (non-hydrogen) atoms. The lowest BCUT2D eigenvalue weighted by Gasteiger charge is -2.08. The molecule has 4 aromatic heterocycles. The maximum Gasteiger partial charge on any atom is 0.273 e. The molecule has 2 N–H and O–H groups in total. The topological polar surface area (TPSA) is 101 Å². The fourth-order valence-electron chi connectivity index (χ4n) is 3.29. The van der Waals surface area contributed by atoms with Crippen LogP contribution in [0.1, 0.15) is 44.4 Å². The van der Waals surface area contributed by atoms with Gasteiger partial charge in [0.15, 0.2) is 5.65 Å². The average Bonchev–Trinajstić information content (AvgIpc) is 3.18. The number of aryl methyl sites for hydroxylation is 2. The zero-order chi connectivity index (χ0) is 21.5. The zero-order valence-electron chi connectivity index (χ0n) is 18.1. The van der Waals surface area contributed by atoms with Gasteiger partial charge in [-0.2, -0.15) is 10.2 Å². The van der Waals surface area contributed by atoms with E-state index in [9.17, 15) is 4.79 Å². The van der Waals surface area contributed by atoms with Gasteiger partial charge in [-0.05, 0) is 63.5 Å². The maximum atomic E-state index is 11.7. The highest BCUT2D eigenvalue weighted by Crippen LogP contribution is 2.20. The SMILES string of the molecule is C1CCNCC1.CC.Cc1cn2nc(-c3ccc4c(=O)[nH]ncc4n3)cc(C)c2n1. The lowest BCUT2D eigenvalue weighted by atomic mass is 10.2. The van der Waals surface area contributed by atoms with E-state index >= 15 is 0 Å². The number of aromatic nitrogens is 6. The second-order valence-electron chi connectivity index (χ2n) is 7.00. The predicted octanol–water partition coefficient (Wildman–Crippen LogP) is 3.43. The smallest absolute Gasteiger partial charge is 0.273 e. The van der Waals surface area contributed by atoms with Crippen molar-refractivity contribution in [2.75, 3.05) is 13.1 Å². The number of piperidine rings is 1. The van der Waals surface area contributed by atoms with E-state index in [1.807, 2.05) is 40.0 Å². The highest BCUT2D eigenvalue weighted by atomic mass is 16.1. The third-order valence-corrected chi connectivity index (χ3v) is 4.72. The van der Waals surface area contributed by atoms with Crippen LogP contribution in [0.3, 0.4) is 0 Å². The van der Waals surface area contributed by atoms with Crippen LogP contribution in [0, 0.1) is 13.8 Å². The van der Waals surface area contributed by atoms with Crippen molar-refractivity contribution in [2.45, 2.75) is 47.0 Å². The van der Waals surface area contributed by atoms with E-state index in [1.54, 1.807) is 16.6 Å². The minimum Gasteiger partial charge on any atom is -0.317 e. The monoisotopic (exact) mass is 407 g/mol. The Morgan fingerprint density at radius 1 is 1.00 bits per heavy atom. The van der Waals surface area contributed by atoms with Gasteiger partial charge in [0.2, 0.25) is 0 Å². The van der Waals surface area contributed by atoms with Crippen LogP contribution >= 0.6 is 0 Å². The van der Waals surface area contributed by atoms with Gasteiger partial charge in [-0.25, -0.2) is 19.6 Å². The molecule has 8 nitrogen and oxygen atoms in total. The van der Waals surface area contributed by atoms with Crippen LogP contribution in [0.4, 0.5) is 0 Å². The minimum absolute atomic E-state index is 0.249. The lowest BCUT2D eigenvalue weighted by molar-refractivity contribution is 0.520. The molecule has 0 aliphatic carbocycles. The van der Waals surface area contributed by atoms with E-state index in [1.165, 1.54) is 38.5 Å². The fraction of sp³-hybridized carbons (Fsp3) is 0.409. The number of nitrogens with one attached hydrogen (secondary N) is 2. The summed E-state index contributed by atoms with van der Waals surface area (Å²) in [4.78, 5) is 20.6. The highest BCUT2D eigenvalue weighted by Gasteiger charge is 2.10. The molecule has 0 radical (unpaired) electrons. The Kier molecular flexibility index (Phi) is 7.24. The van der Waals surface area contributed by atoms with E-state index in [4.69, 9.17) is 0 Å². The molecule has 0 bridgehead atoms. The predicted molar refractivity (Wildman–Crippen MR) is 120 cm³/mol. The van der Waals surface area contributed by atoms with Crippen LogP contribution in [-0.2, 0) is 0 Å². The Labute approximate surface area is 175 Å². The van der Waals surface area contributed by atoms with Crippen molar-refractivity contribution in [2.24, 2.45) is 0 Å². The highest BCUT2D eigenvalue weighted by molar-refractivity contribution is 5.79. The van der Waals surface area contributed by atoms with Gasteiger partial charge in [0.05, 0.1) is 34.7 Å². The first-order chi connectivity index (χ1) is 14.6. The molecule has 1 saturated heterocycles. The maximum absolute atomic E-state index is 11.7. The molecule has 8 heteroatoms. The summed E-state index contributed by atoms with van der Waals surface area (Å²) in [6, 6.07) is 5.46. The summed E-state index contributed by atoms with van der Waals surface area (Å²) < 4.78 is 1.75. The molecule has 0 unspecified atom stereocenters. The molecule has 0 aromatic carbocycles. The van der Waals surface area contributed by atoms with Crippen LogP contribution in [0.5, 0.6) is 0 Å². The number of H-pyrrole nitrogens is 1. The molecule has 0 saturated carbocycles. The first-order valence-corrected chi connectivity index (χ1v) is 10.5. The third-order valence-electron chi connectivity index (χ3n) is 4.72. The Morgan fingerprint density at radius 3 is 2.43 bits per heavy atom. The Balaban J connectivity index is 0.000000273. The molecule has 1 aliphatic rings. The molecule has 5 rings (SSSR count). The van der Waals surface area contributed by atoms with E-state index in [0.29, 0.717) is 16.6 Å². The molecule has 5 heterocycles. The lowest BCUT2D eigenvalue weighted by Crippen LogP contribution is -2.21. The van der Waals surface area contributed by atoms with E-state index in [-0.39, 0.29) is 5.56 Å². The van der Waals surface area contributed by atoms with E-state index < -0.39 is 0 Å². The second kappa shape index (κ2) is 10.1. The summed E-state index contributed by atoms with van der Waals surface area (Å²) in [6.07, 6.45) is 7.62. The summed E-state index contributed by atoms with van der Waals surface area (Å²) in [5.41, 5.74) is 4.48. The molecular formula is C22H29N7O. The van der Waals surface area contributed by atoms with Crippen molar-refractivity contribution in [3.63, 3.8) is 0 Å². The molecule has 0 amide bonds. The Morgan fingerprint density at radius 2 is 1.77 bits per heavy atom. The van der Waals surface area contributed by atoms with E-state index in [0.717, 1.165) is 22.6 Å². The summed E-state index contributed by atoms with van der Waals surface area (Å²) in [5, 5.41) is 14.5. The third kappa shape index (κ3) is 4.88. The standard InChI is InChI=1S/C15H12N6O.C5H11N.C2H6/c1-8-5-12(20-21-7-9(2)17-14(8)21)11-4-3-10-13(18-11)6-16-19-15(10)22;1-2-4-6-5-3-1;1-2/h3-7H,1-2H3,(H,19,22);6H,1-5H2;1-2H3. The van der Waals surface area contributed by atoms with Gasteiger partial charge >= 0.3 is 0 Å². The summed E-state index contributed by atoms with van der Waals surface area (Å²) >= 11 is 0. The molecule has 4 aromatic rings. The van der Waals surface area contributed by atoms with Crippen LogP contribution in [0.25, 0.3) is 27.9 Å². The zero-order valence-corrected chi connectivity index (χ0v) is 18.1. The molecule has 0 spiro atoms. The van der Waals surface area contributed by atoms with Crippen LogP contribution in [0.2, 0.25) is 0 Å². The van der Waals surface area contributed by atoms with Crippen molar-refractivity contribution in [1.82, 2.24) is 35.1 Å². The van der Waals surface area contributed by atoms with Gasteiger partial charge in [-0.3, -0.25) is 4.79 Å². The van der Waals surface area contributed by atoms with Crippen LogP contribution in [0.15, 0.2) is 35.4 Å². The molecule has 1 aliphatic heterocycles. The fourth-order valence-corrected chi connectivity index (χ4v) is 3.29. The number of aromatic amines is 1. The number of imidazole rings is 1. The minimum atomic E-state index is -0.249. The largest absolute Gasteiger partial charge is 0.317 e. The molecule has 0 atom stereocenters. The summed E-state index contributed by atoms with van der Waals surface area (Å²) in [5.74, 6) is 0. The van der Waals surface area contributed by atoms with Crippen molar-refractivity contribution >= 4 is 16.6 Å². The first kappa shape index (κ1) is 21.6. The first-order valence-electron chi connectivity index (χ1n) is 10.5. The van der Waals surface area contributed by atoms with Crippen molar-refractivity contribution < 1.29 is 0 Å². The van der Waals surface area contributed by atoms with Gasteiger partial charge in [-0.1, -0.05) is 20.3 Å². The van der Waals surface area contributed by atoms with Crippen molar-refractivity contribution in [1.29, 1.82) is 0 Å². The van der Waals surface area contributed by atoms with Gasteiger partial charge in [0, 0.05) is 0 Å². The molecule has 158 valence electrons. The van der Waals surface area contributed by atoms with Gasteiger partial charge in [0.25, 0.3) is 5.56 Å². The van der Waals surface area contributed by atoms with Gasteiger partial charge < -0.3 is 5.32 Å². The number of pyridine rings is 1. The van der Waals surface area contributed by atoms with Gasteiger partial charge in [-0.15, -0.1) is 0 Å². The Bertz CT molecular complexity index is 1160.